The van der Waals surface area contributed by atoms with Gasteiger partial charge in [-0.05, 0) is 138 Å². The molecule has 0 radical (unpaired) electrons. The Kier molecular flexibility index (Phi) is 11.5. The first-order valence-electron chi connectivity index (χ1n) is 12.2. The van der Waals surface area contributed by atoms with Crippen molar-refractivity contribution in [2.75, 3.05) is 0 Å². The number of hydrogen-bond donors (Lipinski definition) is 1. The SMILES string of the molecule is Brc1c(I)cnn1C1CCC1.Cn1ncc(C(O)c2cnn(C3CCC3)c2Br)c1I.Cn1ncc(C=O)c1I. The Bertz CT molecular complexity index is 1420. The third-order valence-corrected chi connectivity index (χ3v) is 12.6. The fraction of sp³-hybridized carbons (Fsp3) is 0.458. The van der Waals surface area contributed by atoms with E-state index in [-0.39, 0.29) is 0 Å². The van der Waals surface area contributed by atoms with Crippen molar-refractivity contribution in [1.82, 2.24) is 39.1 Å². The molecule has 0 aromatic carbocycles. The summed E-state index contributed by atoms with van der Waals surface area (Å²) >= 11 is 13.6. The zero-order chi connectivity index (χ0) is 28.3. The highest BCUT2D eigenvalue weighted by Crippen LogP contribution is 2.38. The molecule has 0 spiro atoms. The van der Waals surface area contributed by atoms with E-state index in [9.17, 15) is 9.90 Å². The zero-order valence-corrected chi connectivity index (χ0v) is 30.8. The van der Waals surface area contributed by atoms with Crippen molar-refractivity contribution in [3.8, 4) is 0 Å². The predicted octanol–water partition coefficient (Wildman–Crippen LogP) is 6.60. The second kappa shape index (κ2) is 14.2. The van der Waals surface area contributed by atoms with Gasteiger partial charge in [-0.25, -0.2) is 0 Å². The quantitative estimate of drug-likeness (QED) is 0.179. The Hall–Kier alpha value is -0.380. The Labute approximate surface area is 284 Å². The highest BCUT2D eigenvalue weighted by Gasteiger charge is 2.27. The van der Waals surface area contributed by atoms with E-state index in [1.54, 1.807) is 35.0 Å². The molecule has 39 heavy (non-hydrogen) atoms. The van der Waals surface area contributed by atoms with Crippen LogP contribution in [-0.2, 0) is 14.1 Å². The van der Waals surface area contributed by atoms with Crippen molar-refractivity contribution in [2.45, 2.75) is 56.7 Å². The molecule has 4 aromatic heterocycles. The van der Waals surface area contributed by atoms with Crippen LogP contribution in [0.15, 0.2) is 34.0 Å². The molecule has 1 unspecified atom stereocenters. The van der Waals surface area contributed by atoms with Crippen molar-refractivity contribution in [3.63, 3.8) is 0 Å². The van der Waals surface area contributed by atoms with Crippen LogP contribution in [0.4, 0.5) is 0 Å². The zero-order valence-electron chi connectivity index (χ0n) is 21.2. The third-order valence-electron chi connectivity index (χ3n) is 6.80. The van der Waals surface area contributed by atoms with E-state index >= 15 is 0 Å². The molecule has 15 heteroatoms. The van der Waals surface area contributed by atoms with Crippen LogP contribution in [0.2, 0.25) is 0 Å². The second-order valence-corrected chi connectivity index (χ2v) is 14.0. The molecular weight excluding hydrogens is 973 g/mol. The van der Waals surface area contributed by atoms with Crippen LogP contribution < -0.4 is 0 Å². The van der Waals surface area contributed by atoms with Gasteiger partial charge in [0.1, 0.15) is 22.7 Å². The number of aryl methyl sites for hydroxylation is 2. The minimum Gasteiger partial charge on any atom is -0.383 e. The van der Waals surface area contributed by atoms with Gasteiger partial charge in [-0.15, -0.1) is 0 Å². The molecule has 4 heterocycles. The van der Waals surface area contributed by atoms with E-state index in [1.165, 1.54) is 42.1 Å². The van der Waals surface area contributed by atoms with E-state index in [0.717, 1.165) is 34.0 Å². The minimum atomic E-state index is -0.691. The average Bonchev–Trinajstić information content (AvgIpc) is 3.58. The van der Waals surface area contributed by atoms with Gasteiger partial charge < -0.3 is 5.11 Å². The van der Waals surface area contributed by atoms with E-state index in [4.69, 9.17) is 0 Å². The fourth-order valence-electron chi connectivity index (χ4n) is 3.95. The molecule has 0 saturated heterocycles. The smallest absolute Gasteiger partial charge is 0.154 e. The molecule has 210 valence electrons. The standard InChI is InChI=1S/C12H14BrIN4O.C7H8BrIN2.C5H5IN2O/c1-17-12(14)9(6-15-17)10(19)8-5-16-18(11(8)13)7-3-2-4-7;8-7-6(9)4-10-11(7)5-2-1-3-5;1-8-5(6)4(3-9)2-7-8/h5-7,10,19H,2-4H2,1H3;4-5H,1-3H2;2-3H,1H3. The van der Waals surface area contributed by atoms with Crippen LogP contribution >= 0.6 is 99.6 Å². The van der Waals surface area contributed by atoms with Gasteiger partial charge in [-0.3, -0.25) is 23.5 Å². The molecular formula is C24H27Br2I3N8O2. The second-order valence-electron chi connectivity index (χ2n) is 9.28. The maximum absolute atomic E-state index is 10.5. The molecule has 2 saturated carbocycles. The number of aromatic nitrogens is 8. The van der Waals surface area contributed by atoms with Crippen molar-refractivity contribution in [2.24, 2.45) is 14.1 Å². The van der Waals surface area contributed by atoms with Crippen LogP contribution in [0.5, 0.6) is 0 Å². The molecule has 10 nitrogen and oxygen atoms in total. The molecule has 2 aliphatic carbocycles. The lowest BCUT2D eigenvalue weighted by molar-refractivity contribution is 0.112. The number of nitrogens with zero attached hydrogens (tertiary/aromatic N) is 8. The van der Waals surface area contributed by atoms with E-state index in [2.05, 4.69) is 125 Å². The summed E-state index contributed by atoms with van der Waals surface area (Å²) in [5, 5.41) is 27.2. The monoisotopic (exact) mass is 998 g/mol. The number of carbonyl (C=O) groups excluding carboxylic acids is 1. The van der Waals surface area contributed by atoms with Crippen LogP contribution in [-0.4, -0.2) is 50.5 Å². The number of halogens is 5. The molecule has 4 aromatic rings. The summed E-state index contributed by atoms with van der Waals surface area (Å²) < 4.78 is 12.5. The molecule has 0 amide bonds. The molecule has 0 bridgehead atoms. The van der Waals surface area contributed by atoms with Crippen LogP contribution in [0.3, 0.4) is 0 Å². The molecule has 2 fully saturated rings. The van der Waals surface area contributed by atoms with E-state index in [0.29, 0.717) is 17.6 Å². The van der Waals surface area contributed by atoms with Crippen molar-refractivity contribution in [3.05, 3.63) is 61.7 Å². The first-order chi connectivity index (χ1) is 18.6. The topological polar surface area (TPSA) is 109 Å². The van der Waals surface area contributed by atoms with Gasteiger partial charge in [-0.1, -0.05) is 0 Å². The Morgan fingerprint density at radius 1 is 0.821 bits per heavy atom. The molecule has 6 rings (SSSR count). The summed E-state index contributed by atoms with van der Waals surface area (Å²) in [4.78, 5) is 10.2. The Morgan fingerprint density at radius 3 is 1.72 bits per heavy atom. The lowest BCUT2D eigenvalue weighted by atomic mass is 9.93. The molecule has 1 N–H and O–H groups in total. The first kappa shape index (κ1) is 31.6. The van der Waals surface area contributed by atoms with Gasteiger partial charge in [0.25, 0.3) is 0 Å². The number of rotatable bonds is 5. The summed E-state index contributed by atoms with van der Waals surface area (Å²) in [7, 11) is 3.67. The lowest BCUT2D eigenvalue weighted by Gasteiger charge is -2.26. The van der Waals surface area contributed by atoms with Gasteiger partial charge in [0.15, 0.2) is 6.29 Å². The number of hydrogen-bond acceptors (Lipinski definition) is 6. The number of aliphatic hydroxyl groups excluding tert-OH is 1. The lowest BCUT2D eigenvalue weighted by Crippen LogP contribution is -2.18. The number of aldehydes is 1. The Balaban J connectivity index is 0.000000149. The van der Waals surface area contributed by atoms with Crippen molar-refractivity contribution >= 4 is 106 Å². The maximum Gasteiger partial charge on any atom is 0.154 e. The summed E-state index contributed by atoms with van der Waals surface area (Å²) in [5.74, 6) is 0. The number of aliphatic hydroxyl groups is 1. The van der Waals surface area contributed by atoms with Crippen LogP contribution in [0.1, 0.15) is 78.2 Å². The van der Waals surface area contributed by atoms with Gasteiger partial charge in [0.05, 0.1) is 46.0 Å². The summed E-state index contributed by atoms with van der Waals surface area (Å²) in [6, 6.07) is 1.14. The molecule has 0 aliphatic heterocycles. The largest absolute Gasteiger partial charge is 0.383 e. The minimum absolute atomic E-state index is 0.475. The van der Waals surface area contributed by atoms with Crippen LogP contribution in [0, 0.1) is 11.0 Å². The van der Waals surface area contributed by atoms with E-state index in [1.807, 2.05) is 17.9 Å². The average molecular weight is 1000 g/mol. The van der Waals surface area contributed by atoms with Crippen molar-refractivity contribution < 1.29 is 9.90 Å². The highest BCUT2D eigenvalue weighted by atomic mass is 127. The highest BCUT2D eigenvalue weighted by molar-refractivity contribution is 14.1. The molecule has 1 atom stereocenters. The predicted molar refractivity (Wildman–Crippen MR) is 180 cm³/mol. The fourth-order valence-corrected chi connectivity index (χ4v) is 6.46. The maximum atomic E-state index is 10.5. The normalized spacial score (nSPS) is 15.9. The van der Waals surface area contributed by atoms with Gasteiger partial charge in [0, 0.05) is 25.2 Å². The summed E-state index contributed by atoms with van der Waals surface area (Å²) in [6.07, 6.45) is 14.5. The first-order valence-corrected chi connectivity index (χ1v) is 17.1. The van der Waals surface area contributed by atoms with Gasteiger partial charge >= 0.3 is 0 Å². The van der Waals surface area contributed by atoms with Crippen LogP contribution in [0.25, 0.3) is 0 Å². The number of carbonyl (C=O) groups is 1. The third kappa shape index (κ3) is 7.16. The van der Waals surface area contributed by atoms with Gasteiger partial charge in [-0.2, -0.15) is 20.4 Å². The van der Waals surface area contributed by atoms with Gasteiger partial charge in [0.2, 0.25) is 0 Å². The molecule has 2 aliphatic rings. The van der Waals surface area contributed by atoms with Crippen molar-refractivity contribution in [1.29, 1.82) is 0 Å². The summed E-state index contributed by atoms with van der Waals surface area (Å²) in [5.41, 5.74) is 2.27. The van der Waals surface area contributed by atoms with E-state index < -0.39 is 6.10 Å². The summed E-state index contributed by atoms with van der Waals surface area (Å²) in [6.45, 7) is 0. The Morgan fingerprint density at radius 2 is 1.33 bits per heavy atom.